The number of non-ortho nitro benzene ring substituents is 1. The van der Waals surface area contributed by atoms with Gasteiger partial charge in [0.15, 0.2) is 0 Å². The smallest absolute Gasteiger partial charge is 0.409 e. The number of methoxy groups -OCH3 is 1. The minimum absolute atomic E-state index is 0.0380. The molecule has 1 aliphatic heterocycles. The Morgan fingerprint density at radius 1 is 1.48 bits per heavy atom. The topological polar surface area (TPSA) is 102 Å². The van der Waals surface area contributed by atoms with Crippen LogP contribution in [0.5, 0.6) is 0 Å². The fraction of sp³-hybridized carbons (Fsp3) is 0.429. The van der Waals surface area contributed by atoms with Crippen molar-refractivity contribution < 1.29 is 19.2 Å². The molecule has 1 fully saturated rings. The van der Waals surface area contributed by atoms with Crippen molar-refractivity contribution in [3.05, 3.63) is 38.9 Å². The molecule has 0 radical (unpaired) electrons. The largest absolute Gasteiger partial charge is 0.453 e. The maximum atomic E-state index is 12.3. The lowest BCUT2D eigenvalue weighted by atomic mass is 10.1. The second-order valence-electron chi connectivity index (χ2n) is 5.15. The summed E-state index contributed by atoms with van der Waals surface area (Å²) in [4.78, 5) is 35.6. The summed E-state index contributed by atoms with van der Waals surface area (Å²) in [5.41, 5.74) is -0.171. The van der Waals surface area contributed by atoms with Gasteiger partial charge in [0, 0.05) is 31.3 Å². The summed E-state index contributed by atoms with van der Waals surface area (Å²) >= 11 is 5.95. The van der Waals surface area contributed by atoms with E-state index in [0.29, 0.717) is 19.5 Å². The molecular formula is C14H16ClN3O5. The first-order chi connectivity index (χ1) is 10.9. The van der Waals surface area contributed by atoms with Crippen LogP contribution in [0.3, 0.4) is 0 Å². The van der Waals surface area contributed by atoms with Crippen LogP contribution < -0.4 is 5.32 Å². The molecule has 0 unspecified atom stereocenters. The number of nitro benzene ring substituents is 1. The molecule has 0 aliphatic carbocycles. The number of hydrogen-bond acceptors (Lipinski definition) is 5. The van der Waals surface area contributed by atoms with Crippen molar-refractivity contribution in [2.24, 2.45) is 0 Å². The highest BCUT2D eigenvalue weighted by molar-refractivity contribution is 6.33. The molecule has 124 valence electrons. The number of likely N-dealkylation sites (tertiary alicyclic amines) is 1. The molecule has 1 heterocycles. The molecule has 2 rings (SSSR count). The highest BCUT2D eigenvalue weighted by atomic mass is 35.5. The third kappa shape index (κ3) is 4.10. The van der Waals surface area contributed by atoms with Crippen molar-refractivity contribution in [2.45, 2.75) is 18.9 Å². The monoisotopic (exact) mass is 341 g/mol. The molecule has 1 atom stereocenters. The Bertz CT molecular complexity index is 637. The van der Waals surface area contributed by atoms with Crippen LogP contribution in [0.1, 0.15) is 23.2 Å². The van der Waals surface area contributed by atoms with Crippen LogP contribution in [0, 0.1) is 10.1 Å². The fourth-order valence-corrected chi connectivity index (χ4v) is 2.66. The van der Waals surface area contributed by atoms with Gasteiger partial charge in [-0.2, -0.15) is 0 Å². The molecule has 1 aromatic carbocycles. The van der Waals surface area contributed by atoms with E-state index in [2.05, 4.69) is 10.1 Å². The van der Waals surface area contributed by atoms with Gasteiger partial charge in [-0.05, 0) is 18.9 Å². The molecule has 1 N–H and O–H groups in total. The number of carbonyl (C=O) groups is 2. The van der Waals surface area contributed by atoms with Crippen LogP contribution >= 0.6 is 11.6 Å². The number of halogens is 1. The Kier molecular flexibility index (Phi) is 5.38. The normalized spacial score (nSPS) is 17.5. The molecule has 0 bridgehead atoms. The number of ether oxygens (including phenoxy) is 1. The van der Waals surface area contributed by atoms with E-state index in [-0.39, 0.29) is 22.3 Å². The van der Waals surface area contributed by atoms with Gasteiger partial charge in [0.2, 0.25) is 0 Å². The van der Waals surface area contributed by atoms with E-state index >= 15 is 0 Å². The average molecular weight is 342 g/mol. The number of hydrogen-bond donors (Lipinski definition) is 1. The van der Waals surface area contributed by atoms with E-state index in [9.17, 15) is 19.7 Å². The van der Waals surface area contributed by atoms with Crippen molar-refractivity contribution >= 4 is 29.3 Å². The molecule has 1 aromatic rings. The van der Waals surface area contributed by atoms with E-state index < -0.39 is 16.9 Å². The third-order valence-corrected chi connectivity index (χ3v) is 3.92. The summed E-state index contributed by atoms with van der Waals surface area (Å²) in [5, 5.41) is 13.7. The number of rotatable bonds is 3. The van der Waals surface area contributed by atoms with E-state index in [1.165, 1.54) is 24.1 Å². The standard InChI is InChI=1S/C14H16ClN3O5/c1-23-14(20)17-6-2-3-9(8-17)16-13(19)11-7-10(18(21)22)4-5-12(11)15/h4-5,7,9H,2-3,6,8H2,1H3,(H,16,19)/t9-/m1/s1. The summed E-state index contributed by atoms with van der Waals surface area (Å²) < 4.78 is 4.67. The Morgan fingerprint density at radius 2 is 2.22 bits per heavy atom. The molecule has 0 spiro atoms. The van der Waals surface area contributed by atoms with E-state index in [4.69, 9.17) is 11.6 Å². The van der Waals surface area contributed by atoms with Gasteiger partial charge < -0.3 is 15.0 Å². The first-order valence-corrected chi connectivity index (χ1v) is 7.38. The maximum Gasteiger partial charge on any atom is 0.409 e. The minimum atomic E-state index is -0.591. The molecule has 1 saturated heterocycles. The van der Waals surface area contributed by atoms with Crippen molar-refractivity contribution in [1.29, 1.82) is 0 Å². The van der Waals surface area contributed by atoms with E-state index in [1.807, 2.05) is 0 Å². The second kappa shape index (κ2) is 7.28. The van der Waals surface area contributed by atoms with Crippen LogP contribution in [0.25, 0.3) is 0 Å². The summed E-state index contributed by atoms with van der Waals surface area (Å²) in [6.07, 6.45) is 0.978. The molecule has 8 nitrogen and oxygen atoms in total. The van der Waals surface area contributed by atoms with Gasteiger partial charge in [-0.15, -0.1) is 0 Å². The van der Waals surface area contributed by atoms with Gasteiger partial charge in [-0.1, -0.05) is 11.6 Å². The van der Waals surface area contributed by atoms with Crippen LogP contribution in [0.4, 0.5) is 10.5 Å². The summed E-state index contributed by atoms with van der Waals surface area (Å²) in [5.74, 6) is -0.504. The Hall–Kier alpha value is -2.35. The minimum Gasteiger partial charge on any atom is -0.453 e. The lowest BCUT2D eigenvalue weighted by Crippen LogP contribution is -2.49. The average Bonchev–Trinajstić information content (AvgIpc) is 2.54. The van der Waals surface area contributed by atoms with Gasteiger partial charge >= 0.3 is 6.09 Å². The molecular weight excluding hydrogens is 326 g/mol. The third-order valence-electron chi connectivity index (χ3n) is 3.59. The van der Waals surface area contributed by atoms with E-state index in [1.54, 1.807) is 0 Å². The van der Waals surface area contributed by atoms with Crippen LogP contribution in [-0.2, 0) is 4.74 Å². The van der Waals surface area contributed by atoms with Gasteiger partial charge in [0.25, 0.3) is 11.6 Å². The maximum absolute atomic E-state index is 12.3. The SMILES string of the molecule is COC(=O)N1CCC[C@@H](NC(=O)c2cc([N+](=O)[O-])ccc2Cl)C1. The number of nitro groups is 1. The molecule has 2 amide bonds. The Labute approximate surface area is 137 Å². The van der Waals surface area contributed by atoms with Crippen molar-refractivity contribution in [1.82, 2.24) is 10.2 Å². The molecule has 1 aliphatic rings. The number of nitrogens with one attached hydrogen (secondary N) is 1. The van der Waals surface area contributed by atoms with Gasteiger partial charge in [-0.25, -0.2) is 4.79 Å². The molecule has 0 saturated carbocycles. The molecule has 0 aromatic heterocycles. The predicted molar refractivity (Wildman–Crippen MR) is 82.6 cm³/mol. The highest BCUT2D eigenvalue weighted by Gasteiger charge is 2.26. The fourth-order valence-electron chi connectivity index (χ4n) is 2.45. The number of nitrogens with zero attached hydrogens (tertiary/aromatic N) is 2. The van der Waals surface area contributed by atoms with Crippen molar-refractivity contribution in [3.63, 3.8) is 0 Å². The second-order valence-corrected chi connectivity index (χ2v) is 5.56. The van der Waals surface area contributed by atoms with Crippen LogP contribution in [0.15, 0.2) is 18.2 Å². The van der Waals surface area contributed by atoms with Gasteiger partial charge in [-0.3, -0.25) is 14.9 Å². The summed E-state index contributed by atoms with van der Waals surface area (Å²) in [6.45, 7) is 0.890. The first-order valence-electron chi connectivity index (χ1n) is 7.00. The Balaban J connectivity index is 2.08. The summed E-state index contributed by atoms with van der Waals surface area (Å²) in [7, 11) is 1.30. The van der Waals surface area contributed by atoms with Crippen LogP contribution in [0.2, 0.25) is 5.02 Å². The van der Waals surface area contributed by atoms with Crippen molar-refractivity contribution in [2.75, 3.05) is 20.2 Å². The van der Waals surface area contributed by atoms with Crippen molar-refractivity contribution in [3.8, 4) is 0 Å². The number of piperidine rings is 1. The van der Waals surface area contributed by atoms with Gasteiger partial charge in [0.05, 0.1) is 22.6 Å². The Morgan fingerprint density at radius 3 is 2.87 bits per heavy atom. The number of amides is 2. The lowest BCUT2D eigenvalue weighted by Gasteiger charge is -2.32. The molecule has 9 heteroatoms. The lowest BCUT2D eigenvalue weighted by molar-refractivity contribution is -0.384. The zero-order valence-corrected chi connectivity index (χ0v) is 13.2. The summed E-state index contributed by atoms with van der Waals surface area (Å²) in [6, 6.07) is 3.43. The highest BCUT2D eigenvalue weighted by Crippen LogP contribution is 2.22. The number of carbonyl (C=O) groups excluding carboxylic acids is 2. The zero-order valence-electron chi connectivity index (χ0n) is 12.5. The molecule has 23 heavy (non-hydrogen) atoms. The zero-order chi connectivity index (χ0) is 17.0. The van der Waals surface area contributed by atoms with Crippen LogP contribution in [-0.4, -0.2) is 48.1 Å². The predicted octanol–water partition coefficient (Wildman–Crippen LogP) is 2.21. The quantitative estimate of drug-likeness (QED) is 0.670. The number of benzene rings is 1. The van der Waals surface area contributed by atoms with E-state index in [0.717, 1.165) is 12.5 Å². The first kappa shape index (κ1) is 17.0. The van der Waals surface area contributed by atoms with Gasteiger partial charge in [0.1, 0.15) is 0 Å².